The van der Waals surface area contributed by atoms with E-state index in [1.165, 1.54) is 44.2 Å². The molecule has 5 rings (SSSR count). The van der Waals surface area contributed by atoms with Crippen molar-refractivity contribution in [2.45, 2.75) is 25.8 Å². The van der Waals surface area contributed by atoms with Gasteiger partial charge in [-0.1, -0.05) is 54.6 Å². The maximum atomic E-state index is 12.9. The molecule has 2 aliphatic rings. The molecule has 3 aromatic rings. The number of para-hydroxylation sites is 3. The fraction of sp³-hybridized carbons (Fsp3) is 0.333. The second-order valence-electron chi connectivity index (χ2n) is 8.86. The van der Waals surface area contributed by atoms with E-state index in [0.717, 1.165) is 34.2 Å². The minimum absolute atomic E-state index is 0.278. The molecule has 1 fully saturated rings. The third-order valence-electron chi connectivity index (χ3n) is 6.41. The van der Waals surface area contributed by atoms with Crippen molar-refractivity contribution >= 4 is 39.6 Å². The Morgan fingerprint density at radius 3 is 2.69 bits per heavy atom. The molecule has 0 aliphatic carbocycles. The monoisotopic (exact) mass is 486 g/mol. The zero-order valence-corrected chi connectivity index (χ0v) is 20.8. The molecule has 0 unspecified atom stereocenters. The highest BCUT2D eigenvalue weighted by Crippen LogP contribution is 2.24. The molecule has 1 aromatic heterocycles. The molecule has 2 aromatic carbocycles. The van der Waals surface area contributed by atoms with Gasteiger partial charge in [0.05, 0.1) is 23.8 Å². The Labute approximate surface area is 210 Å². The molecule has 7 nitrogen and oxygen atoms in total. The molecule has 180 valence electrons. The lowest BCUT2D eigenvalue weighted by Crippen LogP contribution is -2.38. The number of nitrogens with zero attached hydrogens (tertiary/aromatic N) is 5. The van der Waals surface area contributed by atoms with E-state index in [4.69, 9.17) is 4.99 Å². The van der Waals surface area contributed by atoms with Crippen molar-refractivity contribution in [1.82, 2.24) is 19.8 Å². The number of piperidine rings is 1. The number of likely N-dealkylation sites (N-methyl/N-ethyl adjacent to an activating group) is 1. The number of hydrogen-bond acceptors (Lipinski definition) is 6. The van der Waals surface area contributed by atoms with Crippen LogP contribution in [0.2, 0.25) is 0 Å². The molecule has 0 atom stereocenters. The van der Waals surface area contributed by atoms with E-state index in [-0.39, 0.29) is 5.91 Å². The molecule has 2 aliphatic heterocycles. The average molecular weight is 487 g/mol. The summed E-state index contributed by atoms with van der Waals surface area (Å²) in [4.78, 5) is 31.4. The van der Waals surface area contributed by atoms with Crippen LogP contribution >= 0.6 is 11.8 Å². The number of fused-ring (bicyclic) bond motifs is 1. The molecular formula is C27H30N6OS. The Hall–Kier alpha value is -3.23. The SMILES string of the molecule is CN1C(CN2CCCCC2)=CCSC1=NCc1ccccc1NC(=O)c1cnc2ccccc2n1. The van der Waals surface area contributed by atoms with Crippen LogP contribution in [0.5, 0.6) is 0 Å². The standard InChI is InChI=1S/C27H30N6OS/c1-32-21(19-33-14-7-2-8-15-33)13-16-35-27(32)29-17-20-9-3-4-10-22(20)31-26(34)25-18-28-23-11-5-6-12-24(23)30-25/h3-6,9-13,18H,2,7-8,14-17,19H2,1H3,(H,31,34). The maximum absolute atomic E-state index is 12.9. The molecule has 0 bridgehead atoms. The summed E-state index contributed by atoms with van der Waals surface area (Å²) in [6, 6.07) is 15.3. The third kappa shape index (κ3) is 5.71. The predicted molar refractivity (Wildman–Crippen MR) is 144 cm³/mol. The van der Waals surface area contributed by atoms with E-state index in [0.29, 0.717) is 17.8 Å². The van der Waals surface area contributed by atoms with Gasteiger partial charge in [0.25, 0.3) is 5.91 Å². The van der Waals surface area contributed by atoms with Crippen molar-refractivity contribution < 1.29 is 4.79 Å². The largest absolute Gasteiger partial charge is 0.327 e. The highest BCUT2D eigenvalue weighted by atomic mass is 32.2. The Bertz CT molecular complexity index is 1270. The first kappa shape index (κ1) is 23.5. The van der Waals surface area contributed by atoms with Gasteiger partial charge >= 0.3 is 0 Å². The van der Waals surface area contributed by atoms with Crippen LogP contribution in [0.3, 0.4) is 0 Å². The molecule has 0 saturated carbocycles. The van der Waals surface area contributed by atoms with Crippen LogP contribution in [0, 0.1) is 0 Å². The highest BCUT2D eigenvalue weighted by Gasteiger charge is 2.20. The van der Waals surface area contributed by atoms with Crippen molar-refractivity contribution in [1.29, 1.82) is 0 Å². The van der Waals surface area contributed by atoms with Crippen molar-refractivity contribution in [3.63, 3.8) is 0 Å². The van der Waals surface area contributed by atoms with Crippen LogP contribution in [0.15, 0.2) is 71.5 Å². The van der Waals surface area contributed by atoms with Crippen molar-refractivity contribution in [2.24, 2.45) is 4.99 Å². The molecular weight excluding hydrogens is 456 g/mol. The Kier molecular flexibility index (Phi) is 7.39. The van der Waals surface area contributed by atoms with Crippen LogP contribution in [-0.4, -0.2) is 63.3 Å². The zero-order chi connectivity index (χ0) is 24.0. The highest BCUT2D eigenvalue weighted by molar-refractivity contribution is 8.14. The quantitative estimate of drug-likeness (QED) is 0.540. The third-order valence-corrected chi connectivity index (χ3v) is 7.41. The predicted octanol–water partition coefficient (Wildman–Crippen LogP) is 4.79. The number of benzene rings is 2. The number of thioether (sulfide) groups is 1. The van der Waals surface area contributed by atoms with Gasteiger partial charge in [0.2, 0.25) is 0 Å². The van der Waals surface area contributed by atoms with Gasteiger partial charge in [-0.3, -0.25) is 19.7 Å². The van der Waals surface area contributed by atoms with Crippen LogP contribution < -0.4 is 5.32 Å². The van der Waals surface area contributed by atoms with Gasteiger partial charge < -0.3 is 10.2 Å². The number of carbonyl (C=O) groups excluding carboxylic acids is 1. The molecule has 1 N–H and O–H groups in total. The second-order valence-corrected chi connectivity index (χ2v) is 9.84. The summed E-state index contributed by atoms with van der Waals surface area (Å²) < 4.78 is 0. The zero-order valence-electron chi connectivity index (χ0n) is 20.0. The fourth-order valence-electron chi connectivity index (χ4n) is 4.42. The number of nitrogens with one attached hydrogen (secondary N) is 1. The number of rotatable bonds is 6. The van der Waals surface area contributed by atoms with Crippen LogP contribution in [0.25, 0.3) is 11.0 Å². The Morgan fingerprint density at radius 2 is 1.83 bits per heavy atom. The summed E-state index contributed by atoms with van der Waals surface area (Å²) in [5, 5.41) is 4.02. The number of amides is 1. The summed E-state index contributed by atoms with van der Waals surface area (Å²) in [5.74, 6) is 0.657. The van der Waals surface area contributed by atoms with E-state index in [9.17, 15) is 4.79 Å². The number of amidine groups is 1. The molecule has 35 heavy (non-hydrogen) atoms. The van der Waals surface area contributed by atoms with Crippen molar-refractivity contribution in [3.8, 4) is 0 Å². The van der Waals surface area contributed by atoms with Gasteiger partial charge in [0, 0.05) is 30.7 Å². The number of carbonyl (C=O) groups is 1. The van der Waals surface area contributed by atoms with Crippen LogP contribution in [0.4, 0.5) is 5.69 Å². The number of anilines is 1. The molecule has 0 spiro atoms. The van der Waals surface area contributed by atoms with Gasteiger partial charge in [0.1, 0.15) is 5.69 Å². The number of aromatic nitrogens is 2. The molecule has 1 saturated heterocycles. The van der Waals surface area contributed by atoms with E-state index in [1.807, 2.05) is 48.5 Å². The Balaban J connectivity index is 1.27. The minimum Gasteiger partial charge on any atom is -0.327 e. The van der Waals surface area contributed by atoms with Crippen LogP contribution in [0.1, 0.15) is 35.3 Å². The first-order chi connectivity index (χ1) is 17.2. The molecule has 3 heterocycles. The second kappa shape index (κ2) is 11.0. The van der Waals surface area contributed by atoms with E-state index >= 15 is 0 Å². The maximum Gasteiger partial charge on any atom is 0.275 e. The van der Waals surface area contributed by atoms with Crippen molar-refractivity contribution in [3.05, 3.63) is 77.8 Å². The smallest absolute Gasteiger partial charge is 0.275 e. The first-order valence-corrected chi connectivity index (χ1v) is 13.1. The Morgan fingerprint density at radius 1 is 1.06 bits per heavy atom. The summed E-state index contributed by atoms with van der Waals surface area (Å²) in [5.41, 5.74) is 4.78. The average Bonchev–Trinajstić information content (AvgIpc) is 2.90. The summed E-state index contributed by atoms with van der Waals surface area (Å²) >= 11 is 1.75. The number of aliphatic imine (C=N–C) groups is 1. The van der Waals surface area contributed by atoms with Gasteiger partial charge in [-0.25, -0.2) is 4.98 Å². The van der Waals surface area contributed by atoms with Crippen molar-refractivity contribution in [2.75, 3.05) is 37.8 Å². The molecule has 8 heteroatoms. The van der Waals surface area contributed by atoms with Gasteiger partial charge in [0.15, 0.2) is 5.17 Å². The number of likely N-dealkylation sites (tertiary alicyclic amines) is 1. The summed E-state index contributed by atoms with van der Waals surface area (Å²) in [7, 11) is 2.10. The normalized spacial score (nSPS) is 18.0. The lowest BCUT2D eigenvalue weighted by Gasteiger charge is -2.33. The summed E-state index contributed by atoms with van der Waals surface area (Å²) in [6.07, 6.45) is 7.76. The lowest BCUT2D eigenvalue weighted by molar-refractivity contribution is 0.102. The summed E-state index contributed by atoms with van der Waals surface area (Å²) in [6.45, 7) is 3.83. The van der Waals surface area contributed by atoms with Gasteiger partial charge in [-0.15, -0.1) is 0 Å². The van der Waals surface area contributed by atoms with E-state index in [1.54, 1.807) is 11.8 Å². The van der Waals surface area contributed by atoms with E-state index in [2.05, 4.69) is 38.2 Å². The lowest BCUT2D eigenvalue weighted by atomic mass is 10.1. The van der Waals surface area contributed by atoms with Gasteiger partial charge in [-0.2, -0.15) is 0 Å². The first-order valence-electron chi connectivity index (χ1n) is 12.1. The fourth-order valence-corrected chi connectivity index (χ4v) is 5.32. The number of hydrogen-bond donors (Lipinski definition) is 1. The van der Waals surface area contributed by atoms with Gasteiger partial charge in [-0.05, 0) is 49.7 Å². The molecule has 0 radical (unpaired) electrons. The van der Waals surface area contributed by atoms with E-state index < -0.39 is 0 Å². The minimum atomic E-state index is -0.278. The molecule has 1 amide bonds. The van der Waals surface area contributed by atoms with Crippen LogP contribution in [-0.2, 0) is 6.54 Å². The topological polar surface area (TPSA) is 73.7 Å².